The lowest BCUT2D eigenvalue weighted by molar-refractivity contribution is 0.224. The number of hydrogen-bond donors (Lipinski definition) is 0. The monoisotopic (exact) mass is 437 g/mol. The van der Waals surface area contributed by atoms with Crippen LogP contribution >= 0.6 is 22.9 Å². The summed E-state index contributed by atoms with van der Waals surface area (Å²) in [6.45, 7) is 2.51. The fourth-order valence-electron chi connectivity index (χ4n) is 3.69. The van der Waals surface area contributed by atoms with Gasteiger partial charge < -0.3 is 9.15 Å². The van der Waals surface area contributed by atoms with Gasteiger partial charge in [0.15, 0.2) is 5.82 Å². The summed E-state index contributed by atoms with van der Waals surface area (Å²) in [7, 11) is 1.61. The summed E-state index contributed by atoms with van der Waals surface area (Å²) >= 11 is 7.92. The van der Waals surface area contributed by atoms with Crippen molar-refractivity contribution in [2.24, 2.45) is 0 Å². The van der Waals surface area contributed by atoms with Gasteiger partial charge in [0.25, 0.3) is 0 Å². The van der Waals surface area contributed by atoms with E-state index in [1.807, 2.05) is 42.6 Å². The van der Waals surface area contributed by atoms with Gasteiger partial charge in [-0.15, -0.1) is 11.3 Å². The molecule has 0 unspecified atom stereocenters. The van der Waals surface area contributed by atoms with Crippen LogP contribution in [0.4, 0.5) is 0 Å². The lowest BCUT2D eigenvalue weighted by atomic mass is 10.1. The van der Waals surface area contributed by atoms with Crippen molar-refractivity contribution in [2.75, 3.05) is 13.7 Å². The molecule has 0 N–H and O–H groups in total. The molecular formula is C23H20ClN3O2S. The normalized spacial score (nSPS) is 13.9. The van der Waals surface area contributed by atoms with Gasteiger partial charge in [-0.2, -0.15) is 0 Å². The summed E-state index contributed by atoms with van der Waals surface area (Å²) in [6.07, 6.45) is 2.88. The average Bonchev–Trinajstić information content (AvgIpc) is 3.46. The highest BCUT2D eigenvalue weighted by Gasteiger charge is 2.20. The van der Waals surface area contributed by atoms with Crippen molar-refractivity contribution in [3.63, 3.8) is 0 Å². The summed E-state index contributed by atoms with van der Waals surface area (Å²) in [6, 6.07) is 13.8. The van der Waals surface area contributed by atoms with Crippen LogP contribution in [0.3, 0.4) is 0 Å². The lowest BCUT2D eigenvalue weighted by Gasteiger charge is -2.27. The van der Waals surface area contributed by atoms with E-state index in [1.165, 1.54) is 5.56 Å². The van der Waals surface area contributed by atoms with E-state index in [2.05, 4.69) is 21.3 Å². The minimum atomic E-state index is 0.572. The van der Waals surface area contributed by atoms with Gasteiger partial charge in [-0.3, -0.25) is 4.90 Å². The molecule has 0 fully saturated rings. The maximum Gasteiger partial charge on any atom is 0.169 e. The minimum absolute atomic E-state index is 0.572. The Morgan fingerprint density at radius 1 is 1.23 bits per heavy atom. The van der Waals surface area contributed by atoms with Gasteiger partial charge in [0.2, 0.25) is 0 Å². The molecule has 1 aliphatic rings. The zero-order valence-corrected chi connectivity index (χ0v) is 18.0. The SMILES string of the molecule is COc1ccc(-c2ccc(CN3CCc4nc(-c5cccs5)ncc4C3)o2)cc1Cl. The first-order chi connectivity index (χ1) is 14.7. The number of hydrogen-bond acceptors (Lipinski definition) is 6. The second-order valence-corrected chi connectivity index (χ2v) is 8.57. The van der Waals surface area contributed by atoms with Crippen molar-refractivity contribution in [2.45, 2.75) is 19.5 Å². The molecule has 30 heavy (non-hydrogen) atoms. The highest BCUT2D eigenvalue weighted by molar-refractivity contribution is 7.13. The summed E-state index contributed by atoms with van der Waals surface area (Å²) in [5.41, 5.74) is 3.28. The third kappa shape index (κ3) is 3.86. The second-order valence-electron chi connectivity index (χ2n) is 7.22. The van der Waals surface area contributed by atoms with E-state index < -0.39 is 0 Å². The van der Waals surface area contributed by atoms with Crippen molar-refractivity contribution in [3.8, 4) is 27.8 Å². The highest BCUT2D eigenvalue weighted by atomic mass is 35.5. The molecule has 0 saturated carbocycles. The maximum atomic E-state index is 6.25. The predicted octanol–water partition coefficient (Wildman–Crippen LogP) is 5.69. The number of fused-ring (bicyclic) bond motifs is 1. The van der Waals surface area contributed by atoms with Crippen LogP contribution in [0.25, 0.3) is 22.0 Å². The Balaban J connectivity index is 1.28. The van der Waals surface area contributed by atoms with Crippen LogP contribution in [0.5, 0.6) is 5.75 Å². The molecule has 0 spiro atoms. The van der Waals surface area contributed by atoms with Gasteiger partial charge >= 0.3 is 0 Å². The quantitative estimate of drug-likeness (QED) is 0.401. The average molecular weight is 438 g/mol. The Morgan fingerprint density at radius 2 is 2.17 bits per heavy atom. The first-order valence-corrected chi connectivity index (χ1v) is 11.0. The van der Waals surface area contributed by atoms with E-state index in [-0.39, 0.29) is 0 Å². The van der Waals surface area contributed by atoms with Crippen molar-refractivity contribution < 1.29 is 9.15 Å². The van der Waals surface area contributed by atoms with Crippen LogP contribution in [0.1, 0.15) is 17.0 Å². The molecular weight excluding hydrogens is 418 g/mol. The number of aromatic nitrogens is 2. The van der Waals surface area contributed by atoms with Gasteiger partial charge in [0.05, 0.1) is 29.2 Å². The molecule has 0 amide bonds. The van der Waals surface area contributed by atoms with Gasteiger partial charge in [0, 0.05) is 36.8 Å². The largest absolute Gasteiger partial charge is 0.495 e. The number of halogens is 1. The molecule has 7 heteroatoms. The van der Waals surface area contributed by atoms with Crippen LogP contribution in [-0.4, -0.2) is 28.5 Å². The van der Waals surface area contributed by atoms with Crippen LogP contribution in [0, 0.1) is 0 Å². The molecule has 0 radical (unpaired) electrons. The molecule has 0 saturated heterocycles. The Morgan fingerprint density at radius 3 is 2.97 bits per heavy atom. The van der Waals surface area contributed by atoms with Gasteiger partial charge in [-0.1, -0.05) is 17.7 Å². The topological polar surface area (TPSA) is 51.4 Å². The molecule has 152 valence electrons. The van der Waals surface area contributed by atoms with E-state index in [9.17, 15) is 0 Å². The fourth-order valence-corrected chi connectivity index (χ4v) is 4.61. The number of furan rings is 1. The Kier molecular flexibility index (Phi) is 5.29. The number of nitrogens with zero attached hydrogens (tertiary/aromatic N) is 3. The molecule has 5 nitrogen and oxygen atoms in total. The first-order valence-electron chi connectivity index (χ1n) is 9.73. The minimum Gasteiger partial charge on any atom is -0.495 e. The first kappa shape index (κ1) is 19.3. The van der Waals surface area contributed by atoms with E-state index in [1.54, 1.807) is 18.4 Å². The Bertz CT molecular complexity index is 1170. The maximum absolute atomic E-state index is 6.25. The number of thiophene rings is 1. The van der Waals surface area contributed by atoms with Crippen molar-refractivity contribution in [1.29, 1.82) is 0 Å². The summed E-state index contributed by atoms with van der Waals surface area (Å²) in [4.78, 5) is 12.8. The zero-order chi connectivity index (χ0) is 20.5. The third-order valence-electron chi connectivity index (χ3n) is 5.23. The van der Waals surface area contributed by atoms with E-state index in [4.69, 9.17) is 25.7 Å². The molecule has 4 aromatic rings. The standard InChI is InChI=1S/C23H20ClN3O2S/c1-28-21-6-4-15(11-18(21)24)20-7-5-17(29-20)14-27-9-8-19-16(13-27)12-25-23(26-19)22-3-2-10-30-22/h2-7,10-12H,8-9,13-14H2,1H3. The molecule has 1 aromatic carbocycles. The van der Waals surface area contributed by atoms with E-state index in [0.717, 1.165) is 59.5 Å². The predicted molar refractivity (Wildman–Crippen MR) is 119 cm³/mol. The van der Waals surface area contributed by atoms with Gasteiger partial charge in [-0.25, -0.2) is 9.97 Å². The highest BCUT2D eigenvalue weighted by Crippen LogP contribution is 2.32. The third-order valence-corrected chi connectivity index (χ3v) is 6.39. The zero-order valence-electron chi connectivity index (χ0n) is 16.5. The van der Waals surface area contributed by atoms with Crippen LogP contribution in [0.15, 0.2) is 58.5 Å². The molecule has 1 aliphatic heterocycles. The Labute approximate surface area is 183 Å². The van der Waals surface area contributed by atoms with Crippen LogP contribution in [0.2, 0.25) is 5.02 Å². The Hall–Kier alpha value is -2.67. The molecule has 3 aromatic heterocycles. The number of benzene rings is 1. The number of methoxy groups -OCH3 is 1. The molecule has 0 aliphatic carbocycles. The smallest absolute Gasteiger partial charge is 0.169 e. The summed E-state index contributed by atoms with van der Waals surface area (Å²) in [5.74, 6) is 3.21. The lowest BCUT2D eigenvalue weighted by Crippen LogP contribution is -2.30. The second kappa shape index (κ2) is 8.22. The molecule has 0 bridgehead atoms. The number of rotatable bonds is 5. The van der Waals surface area contributed by atoms with Crippen molar-refractivity contribution >= 4 is 22.9 Å². The molecule has 0 atom stereocenters. The van der Waals surface area contributed by atoms with Gasteiger partial charge in [0.1, 0.15) is 17.3 Å². The van der Waals surface area contributed by atoms with Crippen LogP contribution in [-0.2, 0) is 19.5 Å². The van der Waals surface area contributed by atoms with Gasteiger partial charge in [-0.05, 0) is 41.8 Å². The fraction of sp³-hybridized carbons (Fsp3) is 0.217. The van der Waals surface area contributed by atoms with E-state index >= 15 is 0 Å². The number of ether oxygens (including phenoxy) is 1. The van der Waals surface area contributed by atoms with Crippen molar-refractivity contribution in [1.82, 2.24) is 14.9 Å². The summed E-state index contributed by atoms with van der Waals surface area (Å²) in [5, 5.41) is 2.62. The van der Waals surface area contributed by atoms with Crippen molar-refractivity contribution in [3.05, 3.63) is 76.1 Å². The molecule has 5 rings (SSSR count). The van der Waals surface area contributed by atoms with E-state index in [0.29, 0.717) is 10.8 Å². The molecule has 4 heterocycles. The summed E-state index contributed by atoms with van der Waals surface area (Å²) < 4.78 is 11.3. The van der Waals surface area contributed by atoms with Crippen LogP contribution < -0.4 is 4.74 Å².